The average Bonchev–Trinajstić information content (AvgIpc) is 3.34. The van der Waals surface area contributed by atoms with Crippen LogP contribution in [-0.2, 0) is 14.3 Å². The molecule has 0 saturated heterocycles. The number of nitrogens with one attached hydrogen (secondary N) is 1. The van der Waals surface area contributed by atoms with Crippen LogP contribution in [0.1, 0.15) is 361 Å². The maximum Gasteiger partial charge on any atom is 0.305 e. The van der Waals surface area contributed by atoms with Crippen molar-refractivity contribution < 1.29 is 24.5 Å². The van der Waals surface area contributed by atoms with Gasteiger partial charge >= 0.3 is 5.97 Å². The van der Waals surface area contributed by atoms with E-state index in [-0.39, 0.29) is 18.5 Å². The molecule has 0 aromatic carbocycles. The summed E-state index contributed by atoms with van der Waals surface area (Å²) in [4.78, 5) is 24.6. The Bertz CT molecular complexity index is 975. The Hall–Kier alpha value is -1.14. The molecule has 2 atom stereocenters. The van der Waals surface area contributed by atoms with Crippen LogP contribution in [0.5, 0.6) is 0 Å². The molecule has 0 bridgehead atoms. The molecule has 0 radical (unpaired) electrons. The molecule has 406 valence electrons. The number of hydrogen-bond donors (Lipinski definition) is 3. The number of hydrogen-bond acceptors (Lipinski definition) is 5. The molecule has 6 heteroatoms. The predicted octanol–water partition coefficient (Wildman–Crippen LogP) is 19.5. The lowest BCUT2D eigenvalue weighted by Gasteiger charge is -2.22. The molecular weight excluding hydrogens is 839 g/mol. The molecule has 0 aliphatic rings. The van der Waals surface area contributed by atoms with E-state index in [9.17, 15) is 19.8 Å². The third-order valence-electron chi connectivity index (χ3n) is 14.9. The second-order valence-electron chi connectivity index (χ2n) is 21.8. The van der Waals surface area contributed by atoms with Crippen LogP contribution in [-0.4, -0.2) is 47.4 Å². The molecule has 68 heavy (non-hydrogen) atoms. The lowest BCUT2D eigenvalue weighted by molar-refractivity contribution is -0.143. The molecular formula is C62H123NO5. The number of esters is 1. The number of carbonyl (C=O) groups is 2. The second-order valence-corrected chi connectivity index (χ2v) is 21.8. The maximum absolute atomic E-state index is 12.5. The van der Waals surface area contributed by atoms with Gasteiger partial charge in [0.15, 0.2) is 0 Å². The lowest BCUT2D eigenvalue weighted by atomic mass is 10.0. The Labute approximate surface area is 426 Å². The zero-order valence-corrected chi connectivity index (χ0v) is 46.4. The molecule has 0 aromatic rings. The quantitative estimate of drug-likeness (QED) is 0.0417. The minimum absolute atomic E-state index is 0.0114. The molecule has 3 N–H and O–H groups in total. The normalized spacial score (nSPS) is 12.5. The van der Waals surface area contributed by atoms with Gasteiger partial charge in [0.25, 0.3) is 0 Å². The zero-order chi connectivity index (χ0) is 49.3. The first-order valence-corrected chi connectivity index (χ1v) is 31.3. The van der Waals surface area contributed by atoms with Gasteiger partial charge in [-0.2, -0.15) is 0 Å². The van der Waals surface area contributed by atoms with E-state index in [4.69, 9.17) is 4.74 Å². The van der Waals surface area contributed by atoms with E-state index in [1.165, 1.54) is 289 Å². The highest BCUT2D eigenvalue weighted by atomic mass is 16.5. The summed E-state index contributed by atoms with van der Waals surface area (Å²) in [6, 6.07) is -0.544. The van der Waals surface area contributed by atoms with Crippen molar-refractivity contribution in [1.82, 2.24) is 5.32 Å². The van der Waals surface area contributed by atoms with Crippen molar-refractivity contribution in [3.8, 4) is 0 Å². The Morgan fingerprint density at radius 2 is 0.603 bits per heavy atom. The van der Waals surface area contributed by atoms with Crippen LogP contribution in [0.15, 0.2) is 0 Å². The van der Waals surface area contributed by atoms with Gasteiger partial charge in [-0.25, -0.2) is 0 Å². The summed E-state index contributed by atoms with van der Waals surface area (Å²) in [5, 5.41) is 23.3. The SMILES string of the molecule is CCCCCCCCCCCCCCCCCCCCCC(=O)OCCCCCCCCCCCCCCCCCCCC(=O)NC(CO)C(O)CCCCCCCCCCCCCCCCC. The average molecular weight is 963 g/mol. The van der Waals surface area contributed by atoms with Crippen molar-refractivity contribution in [2.75, 3.05) is 13.2 Å². The highest BCUT2D eigenvalue weighted by Crippen LogP contribution is 2.19. The van der Waals surface area contributed by atoms with E-state index in [0.717, 1.165) is 38.5 Å². The first-order chi connectivity index (χ1) is 33.5. The molecule has 0 spiro atoms. The number of ether oxygens (including phenoxy) is 1. The molecule has 0 aliphatic heterocycles. The fraction of sp³-hybridized carbons (Fsp3) is 0.968. The Morgan fingerprint density at radius 3 is 0.897 bits per heavy atom. The number of aliphatic hydroxyl groups excluding tert-OH is 2. The van der Waals surface area contributed by atoms with Gasteiger partial charge in [-0.1, -0.05) is 322 Å². The van der Waals surface area contributed by atoms with Crippen molar-refractivity contribution in [2.24, 2.45) is 0 Å². The predicted molar refractivity (Wildman–Crippen MR) is 297 cm³/mol. The van der Waals surface area contributed by atoms with Gasteiger partial charge in [0, 0.05) is 12.8 Å². The summed E-state index contributed by atoms with van der Waals surface area (Å²) in [7, 11) is 0. The van der Waals surface area contributed by atoms with E-state index < -0.39 is 12.1 Å². The molecule has 0 aliphatic carbocycles. The molecule has 0 saturated carbocycles. The van der Waals surface area contributed by atoms with Crippen molar-refractivity contribution in [3.05, 3.63) is 0 Å². The van der Waals surface area contributed by atoms with Gasteiger partial charge in [-0.15, -0.1) is 0 Å². The Morgan fingerprint density at radius 1 is 0.353 bits per heavy atom. The van der Waals surface area contributed by atoms with E-state index in [0.29, 0.717) is 25.9 Å². The van der Waals surface area contributed by atoms with Crippen LogP contribution < -0.4 is 5.32 Å². The van der Waals surface area contributed by atoms with Gasteiger partial charge in [0.05, 0.1) is 25.4 Å². The van der Waals surface area contributed by atoms with Gasteiger partial charge in [0.2, 0.25) is 5.91 Å². The van der Waals surface area contributed by atoms with E-state index in [1.54, 1.807) is 0 Å². The van der Waals surface area contributed by atoms with Crippen molar-refractivity contribution in [2.45, 2.75) is 373 Å². The number of unbranched alkanes of at least 4 members (excludes halogenated alkanes) is 48. The van der Waals surface area contributed by atoms with Gasteiger partial charge in [-0.3, -0.25) is 9.59 Å². The van der Waals surface area contributed by atoms with Crippen LogP contribution in [0.4, 0.5) is 0 Å². The third-order valence-corrected chi connectivity index (χ3v) is 14.9. The van der Waals surface area contributed by atoms with Crippen LogP contribution in [0.2, 0.25) is 0 Å². The van der Waals surface area contributed by atoms with Crippen molar-refractivity contribution >= 4 is 11.9 Å². The summed E-state index contributed by atoms with van der Waals surface area (Å²) in [5.41, 5.74) is 0. The van der Waals surface area contributed by atoms with Gasteiger partial charge in [0.1, 0.15) is 0 Å². The largest absolute Gasteiger partial charge is 0.466 e. The molecule has 2 unspecified atom stereocenters. The van der Waals surface area contributed by atoms with Crippen LogP contribution in [0, 0.1) is 0 Å². The molecule has 0 fully saturated rings. The molecule has 6 nitrogen and oxygen atoms in total. The maximum atomic E-state index is 12.5. The fourth-order valence-corrected chi connectivity index (χ4v) is 10.1. The summed E-state index contributed by atoms with van der Waals surface area (Å²) in [5.74, 6) is -0.0256. The summed E-state index contributed by atoms with van der Waals surface area (Å²) < 4.78 is 5.50. The monoisotopic (exact) mass is 962 g/mol. The van der Waals surface area contributed by atoms with E-state index in [2.05, 4.69) is 19.2 Å². The standard InChI is InChI=1S/C62H123NO5/c1-3-5-7-9-11-13-15-17-19-20-21-24-28-32-36-40-44-48-52-56-62(67)68-57-53-49-45-41-37-33-29-25-22-23-27-31-35-39-43-47-51-55-61(66)63-59(58-64)60(65)54-50-46-42-38-34-30-26-18-16-14-12-10-8-6-4-2/h59-60,64-65H,3-58H2,1-2H3,(H,63,66). The summed E-state index contributed by atoms with van der Waals surface area (Å²) in [6.07, 6.45) is 68.2. The molecule has 0 aromatic heterocycles. The summed E-state index contributed by atoms with van der Waals surface area (Å²) in [6.45, 7) is 4.98. The third kappa shape index (κ3) is 54.2. The Balaban J connectivity index is 3.37. The van der Waals surface area contributed by atoms with Crippen LogP contribution >= 0.6 is 0 Å². The van der Waals surface area contributed by atoms with Crippen LogP contribution in [0.3, 0.4) is 0 Å². The first kappa shape index (κ1) is 66.9. The topological polar surface area (TPSA) is 95.9 Å². The highest BCUT2D eigenvalue weighted by molar-refractivity contribution is 5.76. The van der Waals surface area contributed by atoms with Gasteiger partial charge in [-0.05, 0) is 25.7 Å². The number of amides is 1. The first-order valence-electron chi connectivity index (χ1n) is 31.3. The zero-order valence-electron chi connectivity index (χ0n) is 46.4. The highest BCUT2D eigenvalue weighted by Gasteiger charge is 2.20. The lowest BCUT2D eigenvalue weighted by Crippen LogP contribution is -2.45. The minimum atomic E-state index is -0.666. The van der Waals surface area contributed by atoms with Crippen molar-refractivity contribution in [3.63, 3.8) is 0 Å². The second kappa shape index (κ2) is 58.4. The minimum Gasteiger partial charge on any atom is -0.466 e. The number of rotatable bonds is 59. The Kier molecular flexibility index (Phi) is 57.5. The number of aliphatic hydroxyl groups is 2. The molecule has 1 amide bonds. The van der Waals surface area contributed by atoms with E-state index in [1.807, 2.05) is 0 Å². The van der Waals surface area contributed by atoms with Gasteiger partial charge < -0.3 is 20.3 Å². The molecule has 0 heterocycles. The van der Waals surface area contributed by atoms with Crippen LogP contribution in [0.25, 0.3) is 0 Å². The number of carbonyl (C=O) groups excluding carboxylic acids is 2. The van der Waals surface area contributed by atoms with E-state index >= 15 is 0 Å². The fourth-order valence-electron chi connectivity index (χ4n) is 10.1. The molecule has 0 rings (SSSR count). The summed E-state index contributed by atoms with van der Waals surface area (Å²) >= 11 is 0. The smallest absolute Gasteiger partial charge is 0.305 e. The van der Waals surface area contributed by atoms with Crippen molar-refractivity contribution in [1.29, 1.82) is 0 Å².